The number of benzene rings is 1. The zero-order valence-electron chi connectivity index (χ0n) is 11.9. The molecule has 0 aromatic heterocycles. The van der Waals surface area contributed by atoms with Crippen molar-refractivity contribution in [2.24, 2.45) is 0 Å². The lowest BCUT2D eigenvalue weighted by atomic mass is 9.99. The molecule has 3 heteroatoms. The Labute approximate surface area is 115 Å². The molecule has 0 fully saturated rings. The van der Waals surface area contributed by atoms with Gasteiger partial charge < -0.3 is 10.2 Å². The van der Waals surface area contributed by atoms with Crippen LogP contribution in [0.5, 0.6) is 0 Å². The highest BCUT2D eigenvalue weighted by Crippen LogP contribution is 2.41. The maximum atomic E-state index is 3.27. The van der Waals surface area contributed by atoms with Crippen LogP contribution < -0.4 is 10.2 Å². The average Bonchev–Trinajstić information content (AvgIpc) is 2.36. The first kappa shape index (κ1) is 13.8. The molecule has 1 aliphatic rings. The van der Waals surface area contributed by atoms with Crippen molar-refractivity contribution in [3.05, 3.63) is 23.8 Å². The molecule has 1 heterocycles. The summed E-state index contributed by atoms with van der Waals surface area (Å²) in [6, 6.07) is 7.38. The first-order valence-corrected chi connectivity index (χ1v) is 7.80. The highest BCUT2D eigenvalue weighted by atomic mass is 32.2. The predicted octanol–water partition coefficient (Wildman–Crippen LogP) is 3.33. The Balaban J connectivity index is 2.39. The van der Waals surface area contributed by atoms with Crippen molar-refractivity contribution in [1.29, 1.82) is 0 Å². The summed E-state index contributed by atoms with van der Waals surface area (Å²) in [5.41, 5.74) is 2.97. The van der Waals surface area contributed by atoms with Crippen LogP contribution >= 0.6 is 11.8 Å². The van der Waals surface area contributed by atoms with Crippen LogP contribution in [0.25, 0.3) is 0 Å². The minimum atomic E-state index is 0.586. The molecule has 1 aliphatic heterocycles. The van der Waals surface area contributed by atoms with E-state index in [0.29, 0.717) is 12.0 Å². The van der Waals surface area contributed by atoms with E-state index in [9.17, 15) is 0 Å². The number of hydrogen-bond acceptors (Lipinski definition) is 3. The van der Waals surface area contributed by atoms with Gasteiger partial charge in [-0.1, -0.05) is 26.0 Å². The third-order valence-corrected chi connectivity index (χ3v) is 4.84. The van der Waals surface area contributed by atoms with Crippen LogP contribution in [0, 0.1) is 0 Å². The summed E-state index contributed by atoms with van der Waals surface area (Å²) in [6.45, 7) is 9.05. The van der Waals surface area contributed by atoms with Crippen molar-refractivity contribution >= 4 is 17.4 Å². The summed E-state index contributed by atoms with van der Waals surface area (Å²) in [5, 5.41) is 3.27. The van der Waals surface area contributed by atoms with E-state index in [-0.39, 0.29) is 0 Å². The smallest absolute Gasteiger partial charge is 0.0542 e. The molecular formula is C15H24N2S. The minimum absolute atomic E-state index is 0.586. The van der Waals surface area contributed by atoms with E-state index in [0.717, 1.165) is 13.1 Å². The zero-order chi connectivity index (χ0) is 13.1. The van der Waals surface area contributed by atoms with Gasteiger partial charge in [0.2, 0.25) is 0 Å². The number of fused-ring (bicyclic) bond motifs is 1. The lowest BCUT2D eigenvalue weighted by molar-refractivity contribution is 0.641. The lowest BCUT2D eigenvalue weighted by Gasteiger charge is -2.38. The quantitative estimate of drug-likeness (QED) is 0.898. The van der Waals surface area contributed by atoms with Gasteiger partial charge in [-0.2, -0.15) is 0 Å². The number of para-hydroxylation sites is 1. The van der Waals surface area contributed by atoms with Gasteiger partial charge in [-0.3, -0.25) is 0 Å². The molecule has 2 nitrogen and oxygen atoms in total. The van der Waals surface area contributed by atoms with Crippen molar-refractivity contribution < 1.29 is 0 Å². The van der Waals surface area contributed by atoms with E-state index in [1.54, 1.807) is 0 Å². The monoisotopic (exact) mass is 264 g/mol. The maximum absolute atomic E-state index is 3.27. The Morgan fingerprint density at radius 2 is 2.22 bits per heavy atom. The number of thioether (sulfide) groups is 1. The van der Waals surface area contributed by atoms with Gasteiger partial charge in [-0.05, 0) is 31.5 Å². The van der Waals surface area contributed by atoms with Gasteiger partial charge in [-0.25, -0.2) is 0 Å². The first-order chi connectivity index (χ1) is 8.65. The third-order valence-electron chi connectivity index (χ3n) is 3.55. The summed E-state index contributed by atoms with van der Waals surface area (Å²) in [5.74, 6) is 1.78. The number of nitrogens with zero attached hydrogens (tertiary/aromatic N) is 1. The molecule has 0 bridgehead atoms. The summed E-state index contributed by atoms with van der Waals surface area (Å²) in [4.78, 5) is 4.04. The Bertz CT molecular complexity index is 403. The highest BCUT2D eigenvalue weighted by Gasteiger charge is 2.26. The second-order valence-corrected chi connectivity index (χ2v) is 6.37. The van der Waals surface area contributed by atoms with Gasteiger partial charge in [-0.15, -0.1) is 11.8 Å². The Morgan fingerprint density at radius 3 is 2.89 bits per heavy atom. The van der Waals surface area contributed by atoms with E-state index in [1.807, 2.05) is 18.8 Å². The number of anilines is 1. The van der Waals surface area contributed by atoms with Crippen molar-refractivity contribution in [3.8, 4) is 0 Å². The van der Waals surface area contributed by atoms with Crippen LogP contribution in [0.15, 0.2) is 23.1 Å². The normalized spacial score (nSPS) is 19.2. The number of rotatable bonds is 4. The van der Waals surface area contributed by atoms with Crippen LogP contribution in [0.4, 0.5) is 5.69 Å². The summed E-state index contributed by atoms with van der Waals surface area (Å²) in [6.07, 6.45) is 0. The molecule has 0 saturated heterocycles. The summed E-state index contributed by atoms with van der Waals surface area (Å²) >= 11 is 2.00. The minimum Gasteiger partial charge on any atom is -0.366 e. The fourth-order valence-corrected chi connectivity index (χ4v) is 3.66. The molecule has 1 unspecified atom stereocenters. The van der Waals surface area contributed by atoms with Gasteiger partial charge in [0.25, 0.3) is 0 Å². The maximum Gasteiger partial charge on any atom is 0.0542 e. The SMILES string of the molecule is CNCCN1c2c(cccc2C(C)C)SCC1C. The van der Waals surface area contributed by atoms with E-state index < -0.39 is 0 Å². The molecule has 1 N–H and O–H groups in total. The van der Waals surface area contributed by atoms with Gasteiger partial charge >= 0.3 is 0 Å². The molecule has 1 atom stereocenters. The van der Waals surface area contributed by atoms with Crippen molar-refractivity contribution in [2.45, 2.75) is 37.6 Å². The molecule has 18 heavy (non-hydrogen) atoms. The molecule has 100 valence electrons. The fraction of sp³-hybridized carbons (Fsp3) is 0.600. The lowest BCUT2D eigenvalue weighted by Crippen LogP contribution is -2.42. The van der Waals surface area contributed by atoms with Crippen LogP contribution in [-0.4, -0.2) is 31.9 Å². The number of nitrogens with one attached hydrogen (secondary N) is 1. The van der Waals surface area contributed by atoms with Crippen LogP contribution in [0.2, 0.25) is 0 Å². The Morgan fingerprint density at radius 1 is 1.44 bits per heavy atom. The average molecular weight is 264 g/mol. The highest BCUT2D eigenvalue weighted by molar-refractivity contribution is 7.99. The van der Waals surface area contributed by atoms with Crippen LogP contribution in [0.1, 0.15) is 32.3 Å². The van der Waals surface area contributed by atoms with Gasteiger partial charge in [0, 0.05) is 29.8 Å². The number of likely N-dealkylation sites (N-methyl/N-ethyl adjacent to an activating group) is 1. The van der Waals surface area contributed by atoms with Gasteiger partial charge in [0.1, 0.15) is 0 Å². The largest absolute Gasteiger partial charge is 0.366 e. The molecule has 0 spiro atoms. The topological polar surface area (TPSA) is 15.3 Å². The van der Waals surface area contributed by atoms with Crippen LogP contribution in [0.3, 0.4) is 0 Å². The van der Waals surface area contributed by atoms with Gasteiger partial charge in [0.15, 0.2) is 0 Å². The molecule has 0 amide bonds. The van der Waals surface area contributed by atoms with E-state index in [2.05, 4.69) is 49.2 Å². The fourth-order valence-electron chi connectivity index (χ4n) is 2.51. The summed E-state index contributed by atoms with van der Waals surface area (Å²) < 4.78 is 0. The molecule has 0 saturated carbocycles. The number of hydrogen-bond donors (Lipinski definition) is 1. The molecule has 0 aliphatic carbocycles. The van der Waals surface area contributed by atoms with E-state index in [4.69, 9.17) is 0 Å². The third kappa shape index (κ3) is 2.67. The standard InChI is InChI=1S/C15H24N2S/c1-11(2)13-6-5-7-14-15(13)17(9-8-16-4)12(3)10-18-14/h5-7,11-12,16H,8-10H2,1-4H3. The van der Waals surface area contributed by atoms with E-state index in [1.165, 1.54) is 21.9 Å². The van der Waals surface area contributed by atoms with Crippen molar-refractivity contribution in [3.63, 3.8) is 0 Å². The predicted molar refractivity (Wildman–Crippen MR) is 82.0 cm³/mol. The van der Waals surface area contributed by atoms with Crippen molar-refractivity contribution in [1.82, 2.24) is 5.32 Å². The molecule has 2 rings (SSSR count). The van der Waals surface area contributed by atoms with E-state index >= 15 is 0 Å². The Kier molecular flexibility index (Phi) is 4.57. The molecule has 1 aromatic rings. The van der Waals surface area contributed by atoms with Gasteiger partial charge in [0.05, 0.1) is 5.69 Å². The van der Waals surface area contributed by atoms with Crippen LogP contribution in [-0.2, 0) is 0 Å². The molecular weight excluding hydrogens is 240 g/mol. The second-order valence-electron chi connectivity index (χ2n) is 5.31. The molecule has 1 aromatic carbocycles. The second kappa shape index (κ2) is 5.98. The Hall–Kier alpha value is -0.670. The first-order valence-electron chi connectivity index (χ1n) is 6.82. The zero-order valence-corrected chi connectivity index (χ0v) is 12.7. The van der Waals surface area contributed by atoms with Crippen molar-refractivity contribution in [2.75, 3.05) is 30.8 Å². The summed E-state index contributed by atoms with van der Waals surface area (Å²) in [7, 11) is 2.03. The molecule has 0 radical (unpaired) electrons.